The van der Waals surface area contributed by atoms with Crippen molar-refractivity contribution in [3.63, 3.8) is 0 Å². The predicted octanol–water partition coefficient (Wildman–Crippen LogP) is 4.41. The van der Waals surface area contributed by atoms with Crippen LogP contribution in [0.4, 0.5) is 0 Å². The first-order chi connectivity index (χ1) is 18.5. The van der Waals surface area contributed by atoms with Crippen LogP contribution in [0.1, 0.15) is 25.3 Å². The number of hydrogen-bond donors (Lipinski definition) is 1. The van der Waals surface area contributed by atoms with Crippen LogP contribution in [0, 0.1) is 5.41 Å². The lowest BCUT2D eigenvalue weighted by Gasteiger charge is -2.56. The van der Waals surface area contributed by atoms with E-state index >= 15 is 0 Å². The zero-order valence-electron chi connectivity index (χ0n) is 21.5. The quantitative estimate of drug-likeness (QED) is 0.343. The molecule has 7 rings (SSSR count). The third kappa shape index (κ3) is 4.51. The molecule has 2 aromatic carbocycles. The van der Waals surface area contributed by atoms with Crippen LogP contribution in [0.5, 0.6) is 11.6 Å². The number of nitrogens with one attached hydrogen (secondary N) is 1. The molecule has 2 aromatic heterocycles. The molecule has 4 heterocycles. The third-order valence-electron chi connectivity index (χ3n) is 7.95. The Morgan fingerprint density at radius 2 is 1.87 bits per heavy atom. The summed E-state index contributed by atoms with van der Waals surface area (Å²) in [7, 11) is 0. The van der Waals surface area contributed by atoms with Crippen molar-refractivity contribution < 1.29 is 9.47 Å². The van der Waals surface area contributed by atoms with E-state index in [1.807, 2.05) is 36.4 Å². The lowest BCUT2D eigenvalue weighted by molar-refractivity contribution is -0.0440. The van der Waals surface area contributed by atoms with Crippen molar-refractivity contribution >= 4 is 22.8 Å². The van der Waals surface area contributed by atoms with Crippen molar-refractivity contribution in [1.82, 2.24) is 29.7 Å². The summed E-state index contributed by atoms with van der Waals surface area (Å²) < 4.78 is 14.4. The molecule has 4 aromatic rings. The van der Waals surface area contributed by atoms with Gasteiger partial charge in [-0.05, 0) is 43.5 Å². The van der Waals surface area contributed by atoms with Gasteiger partial charge in [-0.25, -0.2) is 9.97 Å². The summed E-state index contributed by atoms with van der Waals surface area (Å²) in [6, 6.07) is 16.1. The molecular formula is C29H31ClN6O2. The lowest BCUT2D eigenvalue weighted by atomic mass is 9.74. The second-order valence-corrected chi connectivity index (χ2v) is 11.6. The number of imidazole rings is 1. The van der Waals surface area contributed by atoms with Crippen LogP contribution in [-0.2, 0) is 6.54 Å². The minimum Gasteiger partial charge on any atom is -0.492 e. The van der Waals surface area contributed by atoms with Gasteiger partial charge in [0.25, 0.3) is 0 Å². The monoisotopic (exact) mass is 530 g/mol. The van der Waals surface area contributed by atoms with Crippen molar-refractivity contribution in [2.75, 3.05) is 39.3 Å². The second-order valence-electron chi connectivity index (χ2n) is 11.2. The van der Waals surface area contributed by atoms with Crippen LogP contribution in [0.2, 0.25) is 5.02 Å². The number of halogens is 1. The lowest BCUT2D eigenvalue weighted by Crippen LogP contribution is -2.71. The van der Waals surface area contributed by atoms with E-state index in [-0.39, 0.29) is 5.60 Å². The van der Waals surface area contributed by atoms with Crippen LogP contribution in [0.3, 0.4) is 0 Å². The van der Waals surface area contributed by atoms with Crippen molar-refractivity contribution in [2.45, 2.75) is 31.9 Å². The van der Waals surface area contributed by atoms with Crippen molar-refractivity contribution in [3.8, 4) is 23.0 Å². The smallest absolute Gasteiger partial charge is 0.245 e. The molecular weight excluding hydrogens is 500 g/mol. The molecule has 2 aliphatic heterocycles. The average Bonchev–Trinajstić information content (AvgIpc) is 3.48. The molecule has 1 saturated carbocycles. The van der Waals surface area contributed by atoms with Gasteiger partial charge in [0.2, 0.25) is 5.88 Å². The summed E-state index contributed by atoms with van der Waals surface area (Å²) in [6.45, 7) is 8.88. The highest BCUT2D eigenvalue weighted by molar-refractivity contribution is 6.33. The Morgan fingerprint density at radius 1 is 1.05 bits per heavy atom. The van der Waals surface area contributed by atoms with Gasteiger partial charge in [0.05, 0.1) is 11.6 Å². The molecule has 3 fully saturated rings. The molecule has 0 atom stereocenters. The molecule has 3 aliphatic rings. The average molecular weight is 531 g/mol. The molecule has 0 bridgehead atoms. The maximum absolute atomic E-state index is 6.85. The third-order valence-corrected chi connectivity index (χ3v) is 8.27. The molecule has 1 N–H and O–H groups in total. The van der Waals surface area contributed by atoms with Gasteiger partial charge in [0.1, 0.15) is 30.1 Å². The molecule has 0 radical (unpaired) electrons. The zero-order valence-corrected chi connectivity index (χ0v) is 22.2. The number of likely N-dealkylation sites (tertiary alicyclic amines) is 1. The van der Waals surface area contributed by atoms with E-state index in [1.165, 1.54) is 0 Å². The number of nitrogens with zero attached hydrogens (tertiary/aromatic N) is 5. The number of rotatable bonds is 9. The largest absolute Gasteiger partial charge is 0.492 e. The van der Waals surface area contributed by atoms with Crippen LogP contribution in [0.15, 0.2) is 54.9 Å². The maximum Gasteiger partial charge on any atom is 0.245 e. The second kappa shape index (κ2) is 9.22. The minimum absolute atomic E-state index is 0.174. The Balaban J connectivity index is 1.16. The fraction of sp³-hybridized carbons (Fsp3) is 0.414. The summed E-state index contributed by atoms with van der Waals surface area (Å²) in [5.41, 5.74) is 3.69. The van der Waals surface area contributed by atoms with E-state index in [0.717, 1.165) is 73.9 Å². The number of hydrogen-bond acceptors (Lipinski definition) is 7. The molecule has 0 unspecified atom stereocenters. The summed E-state index contributed by atoms with van der Waals surface area (Å²) in [5, 5.41) is 3.96. The van der Waals surface area contributed by atoms with Crippen molar-refractivity contribution in [3.05, 3.63) is 65.4 Å². The normalized spacial score (nSPS) is 19.2. The first-order valence-electron chi connectivity index (χ1n) is 13.3. The van der Waals surface area contributed by atoms with E-state index in [4.69, 9.17) is 26.1 Å². The molecule has 2 saturated heterocycles. The first-order valence-corrected chi connectivity index (χ1v) is 13.7. The van der Waals surface area contributed by atoms with Gasteiger partial charge in [-0.15, -0.1) is 0 Å². The van der Waals surface area contributed by atoms with Gasteiger partial charge in [-0.3, -0.25) is 4.90 Å². The van der Waals surface area contributed by atoms with Gasteiger partial charge in [-0.1, -0.05) is 41.9 Å². The summed E-state index contributed by atoms with van der Waals surface area (Å²) in [5.74, 6) is 2.01. The summed E-state index contributed by atoms with van der Waals surface area (Å²) >= 11 is 6.85. The number of aromatic nitrogens is 4. The highest BCUT2D eigenvalue weighted by atomic mass is 35.5. The Kier molecular flexibility index (Phi) is 5.80. The van der Waals surface area contributed by atoms with Crippen molar-refractivity contribution in [1.29, 1.82) is 0 Å². The fourth-order valence-electron chi connectivity index (χ4n) is 5.45. The molecule has 9 heteroatoms. The summed E-state index contributed by atoms with van der Waals surface area (Å²) in [6.07, 6.45) is 3.58. The molecule has 8 nitrogen and oxygen atoms in total. The zero-order chi connectivity index (χ0) is 25.7. The van der Waals surface area contributed by atoms with Crippen molar-refractivity contribution in [2.24, 2.45) is 5.41 Å². The van der Waals surface area contributed by atoms with E-state index < -0.39 is 0 Å². The van der Waals surface area contributed by atoms with Gasteiger partial charge in [0, 0.05) is 43.7 Å². The Bertz CT molecular complexity index is 1470. The number of fused-ring (bicyclic) bond motifs is 1. The Labute approximate surface area is 227 Å². The van der Waals surface area contributed by atoms with Crippen LogP contribution < -0.4 is 14.8 Å². The van der Waals surface area contributed by atoms with E-state index in [0.29, 0.717) is 35.0 Å². The van der Waals surface area contributed by atoms with E-state index in [2.05, 4.69) is 43.8 Å². The standard InChI is InChI=1S/C29H31ClN6O2/c1-28(9-10-28)38-27-24-26(32-19-33-27)36(14-20-5-3-2-4-6-20)25(34-24)22-8-7-21(13-23(22)30)37-12-11-35-17-29(18-35)15-31-16-29/h2-8,13,19,31H,9-12,14-18H2,1H3. The fourth-order valence-corrected chi connectivity index (χ4v) is 5.70. The van der Waals surface area contributed by atoms with Crippen LogP contribution in [-0.4, -0.2) is 69.4 Å². The highest BCUT2D eigenvalue weighted by Gasteiger charge is 2.47. The Hall–Kier alpha value is -3.20. The molecule has 1 aliphatic carbocycles. The van der Waals surface area contributed by atoms with E-state index in [9.17, 15) is 0 Å². The highest BCUT2D eigenvalue weighted by Crippen LogP contribution is 2.41. The topological polar surface area (TPSA) is 77.3 Å². The van der Waals surface area contributed by atoms with Crippen LogP contribution >= 0.6 is 11.6 Å². The van der Waals surface area contributed by atoms with Crippen LogP contribution in [0.25, 0.3) is 22.6 Å². The molecule has 0 amide bonds. The number of ether oxygens (including phenoxy) is 2. The van der Waals surface area contributed by atoms with Gasteiger partial charge < -0.3 is 19.4 Å². The minimum atomic E-state index is -0.174. The molecule has 196 valence electrons. The Morgan fingerprint density at radius 3 is 2.58 bits per heavy atom. The SMILES string of the molecule is CC1(Oc2ncnc3c2nc(-c2ccc(OCCN4CC5(CNC5)C4)cc2Cl)n3Cc2ccccc2)CC1. The maximum atomic E-state index is 6.85. The molecule has 38 heavy (non-hydrogen) atoms. The van der Waals surface area contributed by atoms with Gasteiger partial charge in [0.15, 0.2) is 11.2 Å². The predicted molar refractivity (Wildman–Crippen MR) is 147 cm³/mol. The first kappa shape index (κ1) is 23.9. The van der Waals surface area contributed by atoms with E-state index in [1.54, 1.807) is 6.33 Å². The summed E-state index contributed by atoms with van der Waals surface area (Å²) in [4.78, 5) is 16.5. The van der Waals surface area contributed by atoms with Gasteiger partial charge in [-0.2, -0.15) is 4.98 Å². The number of benzene rings is 2. The van der Waals surface area contributed by atoms with Gasteiger partial charge >= 0.3 is 0 Å². The molecule has 1 spiro atoms.